The molecule has 0 aliphatic carbocycles. The zero-order valence-corrected chi connectivity index (χ0v) is 15.9. The van der Waals surface area contributed by atoms with Crippen molar-refractivity contribution in [3.63, 3.8) is 0 Å². The first-order valence-electron chi connectivity index (χ1n) is 9.36. The Morgan fingerprint density at radius 1 is 1.33 bits per heavy atom. The number of urea groups is 1. The van der Waals surface area contributed by atoms with Crippen molar-refractivity contribution >= 4 is 11.9 Å². The molecule has 1 heterocycles. The maximum atomic E-state index is 13.1. The van der Waals surface area contributed by atoms with Gasteiger partial charge in [0.1, 0.15) is 18.4 Å². The summed E-state index contributed by atoms with van der Waals surface area (Å²) in [6.45, 7) is 5.02. The molecule has 146 valence electrons. The molecule has 1 aromatic rings. The number of nitrogens with zero attached hydrogens (tertiary/aromatic N) is 2. The second kappa shape index (κ2) is 9.91. The van der Waals surface area contributed by atoms with E-state index in [-0.39, 0.29) is 36.1 Å². The smallest absolute Gasteiger partial charge is 0.318 e. The highest BCUT2D eigenvalue weighted by molar-refractivity contribution is 5.87. The van der Waals surface area contributed by atoms with Gasteiger partial charge in [0, 0.05) is 19.0 Å². The largest absolute Gasteiger partial charge is 0.341 e. The Morgan fingerprint density at radius 3 is 2.67 bits per heavy atom. The molecule has 0 bridgehead atoms. The van der Waals surface area contributed by atoms with Gasteiger partial charge < -0.3 is 15.5 Å². The Balaban J connectivity index is 2.00. The van der Waals surface area contributed by atoms with Gasteiger partial charge in [-0.1, -0.05) is 26.0 Å². The van der Waals surface area contributed by atoms with Crippen LogP contribution in [-0.2, 0) is 4.79 Å². The fourth-order valence-corrected chi connectivity index (χ4v) is 3.36. The molecule has 0 spiro atoms. The number of carbonyl (C=O) groups is 2. The maximum Gasteiger partial charge on any atom is 0.318 e. The van der Waals surface area contributed by atoms with Gasteiger partial charge in [-0.05, 0) is 42.9 Å². The highest BCUT2D eigenvalue weighted by Gasteiger charge is 2.28. The highest BCUT2D eigenvalue weighted by Crippen LogP contribution is 2.27. The molecular weight excluding hydrogens is 347 g/mol. The first-order valence-corrected chi connectivity index (χ1v) is 9.36. The van der Waals surface area contributed by atoms with Gasteiger partial charge in [0.05, 0.1) is 6.07 Å². The first kappa shape index (κ1) is 20.7. The lowest BCUT2D eigenvalue weighted by molar-refractivity contribution is -0.123. The Hall–Kier alpha value is -2.62. The summed E-state index contributed by atoms with van der Waals surface area (Å²) in [5, 5.41) is 14.0. The van der Waals surface area contributed by atoms with E-state index in [1.165, 1.54) is 12.1 Å². The molecule has 7 heteroatoms. The maximum absolute atomic E-state index is 13.1. The third-order valence-corrected chi connectivity index (χ3v) is 4.71. The summed E-state index contributed by atoms with van der Waals surface area (Å²) in [5.41, 5.74) is 1.01. The van der Waals surface area contributed by atoms with Crippen molar-refractivity contribution in [2.75, 3.05) is 19.6 Å². The number of piperidine rings is 1. The monoisotopic (exact) mass is 374 g/mol. The zero-order chi connectivity index (χ0) is 19.8. The van der Waals surface area contributed by atoms with Crippen molar-refractivity contribution in [1.82, 2.24) is 15.5 Å². The van der Waals surface area contributed by atoms with Crippen LogP contribution in [0.15, 0.2) is 24.3 Å². The van der Waals surface area contributed by atoms with Crippen LogP contribution in [0.1, 0.15) is 44.6 Å². The number of nitrogens with one attached hydrogen (secondary N) is 2. The average Bonchev–Trinajstić information content (AvgIpc) is 2.65. The zero-order valence-electron chi connectivity index (χ0n) is 15.9. The number of rotatable bonds is 6. The fraction of sp³-hybridized carbons (Fsp3) is 0.550. The molecule has 0 saturated carbocycles. The summed E-state index contributed by atoms with van der Waals surface area (Å²) in [5.74, 6) is -0.243. The lowest BCUT2D eigenvalue weighted by Gasteiger charge is -2.34. The van der Waals surface area contributed by atoms with Crippen molar-refractivity contribution < 1.29 is 14.0 Å². The molecule has 2 atom stereocenters. The summed E-state index contributed by atoms with van der Waals surface area (Å²) in [6, 6.07) is 7.32. The van der Waals surface area contributed by atoms with Gasteiger partial charge in [0.2, 0.25) is 5.91 Å². The second-order valence-corrected chi connectivity index (χ2v) is 7.34. The van der Waals surface area contributed by atoms with E-state index in [1.54, 1.807) is 17.0 Å². The predicted molar refractivity (Wildman–Crippen MR) is 100 cm³/mol. The van der Waals surface area contributed by atoms with Crippen LogP contribution in [0.5, 0.6) is 0 Å². The van der Waals surface area contributed by atoms with Crippen LogP contribution in [0.3, 0.4) is 0 Å². The number of nitriles is 1. The van der Waals surface area contributed by atoms with E-state index in [0.29, 0.717) is 19.5 Å². The number of benzene rings is 1. The minimum absolute atomic E-state index is 0.0837. The van der Waals surface area contributed by atoms with Crippen LogP contribution in [0.2, 0.25) is 0 Å². The van der Waals surface area contributed by atoms with E-state index >= 15 is 0 Å². The van der Waals surface area contributed by atoms with Gasteiger partial charge in [0.15, 0.2) is 0 Å². The van der Waals surface area contributed by atoms with E-state index in [4.69, 9.17) is 5.26 Å². The summed E-state index contributed by atoms with van der Waals surface area (Å²) in [7, 11) is 0. The number of likely N-dealkylation sites (tertiary alicyclic amines) is 1. The van der Waals surface area contributed by atoms with Crippen LogP contribution in [0.25, 0.3) is 0 Å². The molecule has 2 N–H and O–H groups in total. The fourth-order valence-electron chi connectivity index (χ4n) is 3.36. The molecule has 1 fully saturated rings. The van der Waals surface area contributed by atoms with E-state index in [1.807, 2.05) is 19.9 Å². The highest BCUT2D eigenvalue weighted by atomic mass is 19.1. The summed E-state index contributed by atoms with van der Waals surface area (Å²) >= 11 is 0. The second-order valence-electron chi connectivity index (χ2n) is 7.34. The van der Waals surface area contributed by atoms with Gasteiger partial charge >= 0.3 is 6.03 Å². The van der Waals surface area contributed by atoms with E-state index < -0.39 is 6.04 Å². The molecule has 1 saturated heterocycles. The molecule has 1 aliphatic rings. The normalized spacial score (nSPS) is 17.9. The molecule has 27 heavy (non-hydrogen) atoms. The molecule has 3 amide bonds. The van der Waals surface area contributed by atoms with Crippen molar-refractivity contribution in [3.8, 4) is 6.07 Å². The van der Waals surface area contributed by atoms with Crippen LogP contribution >= 0.6 is 0 Å². The molecule has 0 aromatic heterocycles. The van der Waals surface area contributed by atoms with Crippen LogP contribution in [0.4, 0.5) is 9.18 Å². The quantitative estimate of drug-likeness (QED) is 0.751. The van der Waals surface area contributed by atoms with Gasteiger partial charge in [-0.25, -0.2) is 9.18 Å². The van der Waals surface area contributed by atoms with Gasteiger partial charge in [-0.2, -0.15) is 5.26 Å². The van der Waals surface area contributed by atoms with Crippen LogP contribution in [0, 0.1) is 23.1 Å². The Bertz CT molecular complexity index is 684. The van der Waals surface area contributed by atoms with Crippen molar-refractivity contribution in [2.45, 2.75) is 45.1 Å². The minimum Gasteiger partial charge on any atom is -0.341 e. The molecule has 6 nitrogen and oxygen atoms in total. The molecule has 2 rings (SSSR count). The van der Waals surface area contributed by atoms with Crippen molar-refractivity contribution in [3.05, 3.63) is 35.6 Å². The van der Waals surface area contributed by atoms with Crippen molar-refractivity contribution in [1.29, 1.82) is 5.26 Å². The molecule has 2 unspecified atom stereocenters. The van der Waals surface area contributed by atoms with Crippen LogP contribution in [-0.4, -0.2) is 42.5 Å². The number of hydrogen-bond acceptors (Lipinski definition) is 3. The number of amides is 3. The summed E-state index contributed by atoms with van der Waals surface area (Å²) in [6.07, 6.45) is 2.29. The van der Waals surface area contributed by atoms with E-state index in [2.05, 4.69) is 10.6 Å². The minimum atomic E-state index is -0.669. The van der Waals surface area contributed by atoms with E-state index in [9.17, 15) is 14.0 Å². The number of halogens is 1. The Labute approximate surface area is 159 Å². The van der Waals surface area contributed by atoms with Gasteiger partial charge in [-0.15, -0.1) is 0 Å². The third-order valence-electron chi connectivity index (χ3n) is 4.71. The van der Waals surface area contributed by atoms with Crippen LogP contribution < -0.4 is 10.6 Å². The average molecular weight is 374 g/mol. The lowest BCUT2D eigenvalue weighted by Crippen LogP contribution is -2.53. The van der Waals surface area contributed by atoms with E-state index in [0.717, 1.165) is 18.4 Å². The van der Waals surface area contributed by atoms with Gasteiger partial charge in [0.25, 0.3) is 0 Å². The summed E-state index contributed by atoms with van der Waals surface area (Å²) < 4.78 is 13.1. The molecule has 1 aliphatic heterocycles. The Kier molecular flexibility index (Phi) is 7.59. The topological polar surface area (TPSA) is 85.2 Å². The Morgan fingerprint density at radius 2 is 2.04 bits per heavy atom. The van der Waals surface area contributed by atoms with Crippen molar-refractivity contribution in [2.24, 2.45) is 5.92 Å². The summed E-state index contributed by atoms with van der Waals surface area (Å²) in [4.78, 5) is 26.7. The predicted octanol–water partition coefficient (Wildman–Crippen LogP) is 2.77. The number of carbonyl (C=O) groups excluding carboxylic acids is 2. The molecule has 1 aromatic carbocycles. The number of hydrogen-bond donors (Lipinski definition) is 2. The standard InChI is InChI=1S/C20H27FN4O2/c1-14(2)12-18(19(26)23-10-9-22)24-20(27)25-11-3-4-16(13-25)15-5-7-17(21)8-6-15/h5-8,14,16,18H,3-4,10-13H2,1-2H3,(H,23,26)(H,24,27). The third kappa shape index (κ3) is 6.24. The molecule has 0 radical (unpaired) electrons. The first-order chi connectivity index (χ1) is 12.9. The molecular formula is C20H27FN4O2. The van der Waals surface area contributed by atoms with Gasteiger partial charge in [-0.3, -0.25) is 4.79 Å². The SMILES string of the molecule is CC(C)CC(NC(=O)N1CCCC(c2ccc(F)cc2)C1)C(=O)NCC#N. The lowest BCUT2D eigenvalue weighted by atomic mass is 9.91.